The standard InChI is InChI=1S/C10H16O2S/c1-12-10(11)8-6-4-3-5-7(8)9(6)13-2/h6-9H,3-5H2,1-2H3/t6-,7+,8?,9?. The fourth-order valence-electron chi connectivity index (χ4n) is 3.01. The van der Waals surface area contributed by atoms with Crippen molar-refractivity contribution in [1.82, 2.24) is 0 Å². The largest absolute Gasteiger partial charge is 0.469 e. The number of methoxy groups -OCH3 is 1. The molecule has 0 aliphatic heterocycles. The van der Waals surface area contributed by atoms with E-state index in [1.165, 1.54) is 26.4 Å². The molecule has 13 heavy (non-hydrogen) atoms. The van der Waals surface area contributed by atoms with Crippen LogP contribution in [0.2, 0.25) is 0 Å². The summed E-state index contributed by atoms with van der Waals surface area (Å²) in [6.07, 6.45) is 5.91. The average Bonchev–Trinajstić information content (AvgIpc) is 2.19. The Morgan fingerprint density at radius 3 is 2.46 bits per heavy atom. The number of rotatable bonds is 2. The third-order valence-electron chi connectivity index (χ3n) is 3.59. The quantitative estimate of drug-likeness (QED) is 0.637. The molecule has 0 aromatic rings. The Kier molecular flexibility index (Phi) is 2.54. The minimum Gasteiger partial charge on any atom is -0.469 e. The van der Waals surface area contributed by atoms with Gasteiger partial charge >= 0.3 is 5.97 Å². The number of hydrogen-bond acceptors (Lipinski definition) is 3. The van der Waals surface area contributed by atoms with Gasteiger partial charge < -0.3 is 4.74 Å². The summed E-state index contributed by atoms with van der Waals surface area (Å²) in [5, 5.41) is 0.734. The first-order valence-corrected chi connectivity index (χ1v) is 6.19. The Bertz CT molecular complexity index is 205. The average molecular weight is 200 g/mol. The van der Waals surface area contributed by atoms with Gasteiger partial charge in [-0.05, 0) is 30.9 Å². The Morgan fingerprint density at radius 2 is 2.00 bits per heavy atom. The maximum atomic E-state index is 11.4. The number of fused-ring (bicyclic) bond motifs is 2. The molecule has 3 rings (SSSR count). The highest BCUT2D eigenvalue weighted by atomic mass is 32.2. The number of carbonyl (C=O) groups is 1. The number of hydrogen-bond donors (Lipinski definition) is 0. The first kappa shape index (κ1) is 9.38. The minimum atomic E-state index is 0.0278. The molecule has 74 valence electrons. The van der Waals surface area contributed by atoms with Gasteiger partial charge in [0.15, 0.2) is 0 Å². The molecule has 0 heterocycles. The second-order valence-corrected chi connectivity index (χ2v) is 5.02. The summed E-state index contributed by atoms with van der Waals surface area (Å²) in [7, 11) is 1.50. The van der Waals surface area contributed by atoms with Gasteiger partial charge in [0.05, 0.1) is 13.0 Å². The van der Waals surface area contributed by atoms with E-state index in [0.29, 0.717) is 11.8 Å². The molecule has 3 saturated carbocycles. The van der Waals surface area contributed by atoms with Gasteiger partial charge in [-0.1, -0.05) is 6.42 Å². The fourth-order valence-corrected chi connectivity index (χ4v) is 4.32. The van der Waals surface area contributed by atoms with Crippen LogP contribution < -0.4 is 0 Å². The van der Waals surface area contributed by atoms with Crippen molar-refractivity contribution >= 4 is 17.7 Å². The van der Waals surface area contributed by atoms with Gasteiger partial charge in [-0.15, -0.1) is 0 Å². The maximum Gasteiger partial charge on any atom is 0.309 e. The Balaban J connectivity index is 2.05. The molecule has 2 unspecified atom stereocenters. The molecule has 0 aromatic carbocycles. The van der Waals surface area contributed by atoms with Crippen LogP contribution in [-0.2, 0) is 9.53 Å². The summed E-state index contributed by atoms with van der Waals surface area (Å²) in [4.78, 5) is 11.4. The molecule has 3 aliphatic rings. The van der Waals surface area contributed by atoms with Gasteiger partial charge in [0, 0.05) is 5.25 Å². The summed E-state index contributed by atoms with van der Waals surface area (Å²) in [5.41, 5.74) is 0. The van der Waals surface area contributed by atoms with Crippen molar-refractivity contribution in [3.05, 3.63) is 0 Å². The molecule has 0 amide bonds. The lowest BCUT2D eigenvalue weighted by Crippen LogP contribution is -2.55. The monoisotopic (exact) mass is 200 g/mol. The Hall–Kier alpha value is -0.180. The van der Waals surface area contributed by atoms with Gasteiger partial charge in [0.1, 0.15) is 0 Å². The third kappa shape index (κ3) is 1.28. The first-order valence-electron chi connectivity index (χ1n) is 4.90. The van der Waals surface area contributed by atoms with Crippen molar-refractivity contribution in [1.29, 1.82) is 0 Å². The predicted octanol–water partition coefficient (Wildman–Crippen LogP) is 1.94. The second-order valence-electron chi connectivity index (χ2n) is 4.01. The molecule has 0 N–H and O–H groups in total. The summed E-state index contributed by atoms with van der Waals surface area (Å²) in [5.74, 6) is 1.48. The lowest BCUT2D eigenvalue weighted by Gasteiger charge is -2.54. The molecule has 0 saturated heterocycles. The van der Waals surface area contributed by atoms with E-state index in [1.54, 1.807) is 0 Å². The highest BCUT2D eigenvalue weighted by Gasteiger charge is 2.55. The van der Waals surface area contributed by atoms with Gasteiger partial charge in [0.25, 0.3) is 0 Å². The minimum absolute atomic E-state index is 0.0278. The molecule has 0 radical (unpaired) electrons. The van der Waals surface area contributed by atoms with E-state index in [2.05, 4.69) is 6.26 Å². The Morgan fingerprint density at radius 1 is 1.38 bits per heavy atom. The van der Waals surface area contributed by atoms with Crippen LogP contribution in [-0.4, -0.2) is 24.6 Å². The summed E-state index contributed by atoms with van der Waals surface area (Å²) in [6.45, 7) is 0. The van der Waals surface area contributed by atoms with Gasteiger partial charge in [-0.25, -0.2) is 0 Å². The SMILES string of the molecule is COC(=O)C1[C@@H]2CCC[C@H]1C2SC. The van der Waals surface area contributed by atoms with Crippen molar-refractivity contribution in [3.63, 3.8) is 0 Å². The molecular weight excluding hydrogens is 184 g/mol. The number of esters is 1. The number of ether oxygens (including phenoxy) is 1. The topological polar surface area (TPSA) is 26.3 Å². The van der Waals surface area contributed by atoms with E-state index in [9.17, 15) is 4.79 Å². The molecule has 3 aliphatic carbocycles. The normalized spacial score (nSPS) is 42.3. The molecular formula is C10H16O2S. The van der Waals surface area contributed by atoms with Crippen LogP contribution in [0.3, 0.4) is 0 Å². The van der Waals surface area contributed by atoms with Crippen molar-refractivity contribution < 1.29 is 9.53 Å². The zero-order valence-electron chi connectivity index (χ0n) is 8.16. The van der Waals surface area contributed by atoms with Crippen LogP contribution in [0.15, 0.2) is 0 Å². The number of thioether (sulfide) groups is 1. The molecule has 4 atom stereocenters. The van der Waals surface area contributed by atoms with E-state index in [4.69, 9.17) is 4.74 Å². The lowest BCUT2D eigenvalue weighted by atomic mass is 9.56. The van der Waals surface area contributed by atoms with Crippen molar-refractivity contribution in [2.24, 2.45) is 17.8 Å². The zero-order chi connectivity index (χ0) is 9.42. The smallest absolute Gasteiger partial charge is 0.309 e. The van der Waals surface area contributed by atoms with E-state index in [-0.39, 0.29) is 11.9 Å². The summed E-state index contributed by atoms with van der Waals surface area (Å²) >= 11 is 1.93. The Labute approximate surface area is 83.4 Å². The zero-order valence-corrected chi connectivity index (χ0v) is 8.97. The number of carbonyl (C=O) groups excluding carboxylic acids is 1. The third-order valence-corrected chi connectivity index (χ3v) is 4.83. The van der Waals surface area contributed by atoms with Crippen LogP contribution in [0.5, 0.6) is 0 Å². The second kappa shape index (κ2) is 3.52. The van der Waals surface area contributed by atoms with Crippen LogP contribution in [0.4, 0.5) is 0 Å². The molecule has 2 bridgehead atoms. The molecule has 0 spiro atoms. The summed E-state index contributed by atoms with van der Waals surface area (Å²) < 4.78 is 4.84. The molecule has 3 heteroatoms. The van der Waals surface area contributed by atoms with Gasteiger partial charge in [-0.2, -0.15) is 11.8 Å². The molecule has 3 fully saturated rings. The first-order chi connectivity index (χ1) is 6.29. The van der Waals surface area contributed by atoms with Crippen LogP contribution in [0, 0.1) is 17.8 Å². The van der Waals surface area contributed by atoms with Crippen LogP contribution in [0.25, 0.3) is 0 Å². The predicted molar refractivity (Wildman–Crippen MR) is 53.6 cm³/mol. The van der Waals surface area contributed by atoms with Gasteiger partial charge in [0.2, 0.25) is 0 Å². The summed E-state index contributed by atoms with van der Waals surface area (Å²) in [6, 6.07) is 0. The maximum absolute atomic E-state index is 11.4. The lowest BCUT2D eigenvalue weighted by molar-refractivity contribution is -0.158. The fraction of sp³-hybridized carbons (Fsp3) is 0.900. The van der Waals surface area contributed by atoms with Crippen LogP contribution in [0.1, 0.15) is 19.3 Å². The highest BCUT2D eigenvalue weighted by Crippen LogP contribution is 2.55. The van der Waals surface area contributed by atoms with E-state index >= 15 is 0 Å². The van der Waals surface area contributed by atoms with Crippen molar-refractivity contribution in [3.8, 4) is 0 Å². The van der Waals surface area contributed by atoms with E-state index < -0.39 is 0 Å². The van der Waals surface area contributed by atoms with E-state index in [1.807, 2.05) is 11.8 Å². The van der Waals surface area contributed by atoms with Crippen molar-refractivity contribution in [2.45, 2.75) is 24.5 Å². The van der Waals surface area contributed by atoms with Crippen LogP contribution >= 0.6 is 11.8 Å². The molecule has 2 nitrogen and oxygen atoms in total. The van der Waals surface area contributed by atoms with Gasteiger partial charge in [-0.3, -0.25) is 4.79 Å². The molecule has 0 aromatic heterocycles. The van der Waals surface area contributed by atoms with Crippen molar-refractivity contribution in [2.75, 3.05) is 13.4 Å². The van der Waals surface area contributed by atoms with E-state index in [0.717, 1.165) is 5.25 Å². The highest BCUT2D eigenvalue weighted by molar-refractivity contribution is 7.99.